The van der Waals surface area contributed by atoms with E-state index in [0.29, 0.717) is 13.0 Å². The predicted octanol–water partition coefficient (Wildman–Crippen LogP) is 5.28. The normalized spacial score (nSPS) is 12.5. The molecular formula is C28H37N3O4. The third kappa shape index (κ3) is 5.09. The van der Waals surface area contributed by atoms with Crippen molar-refractivity contribution in [2.24, 2.45) is 5.41 Å². The number of aromatic nitrogens is 3. The van der Waals surface area contributed by atoms with E-state index < -0.39 is 17.4 Å². The summed E-state index contributed by atoms with van der Waals surface area (Å²) < 4.78 is 12.8. The number of esters is 2. The molecule has 0 radical (unpaired) electrons. The van der Waals surface area contributed by atoms with Gasteiger partial charge < -0.3 is 14.0 Å². The standard InChI is InChI=1S/C28H37N3O4/c1-8-22(28(7,26(32)34-10-3)27(33)35-11-4)21-14-12-20(13-15-21)17-31-23(9-2)30-24-18(5)16-19(6)29-25(24)31/h12-16,22H,8-11,17H2,1-7H3. The Morgan fingerprint density at radius 3 is 2.09 bits per heavy atom. The zero-order chi connectivity index (χ0) is 25.8. The Labute approximate surface area is 207 Å². The first-order valence-corrected chi connectivity index (χ1v) is 12.5. The van der Waals surface area contributed by atoms with Crippen LogP contribution in [-0.2, 0) is 32.0 Å². The van der Waals surface area contributed by atoms with Gasteiger partial charge in [0, 0.05) is 18.0 Å². The lowest BCUT2D eigenvalue weighted by Crippen LogP contribution is -2.44. The second-order valence-corrected chi connectivity index (χ2v) is 9.07. The summed E-state index contributed by atoms with van der Waals surface area (Å²) >= 11 is 0. The number of pyridine rings is 1. The molecule has 0 bridgehead atoms. The largest absolute Gasteiger partial charge is 0.465 e. The molecule has 1 aromatic carbocycles. The zero-order valence-corrected chi connectivity index (χ0v) is 22.0. The Kier molecular flexibility index (Phi) is 8.30. The summed E-state index contributed by atoms with van der Waals surface area (Å²) in [5, 5.41) is 0. The van der Waals surface area contributed by atoms with Crippen LogP contribution in [0.1, 0.15) is 75.2 Å². The van der Waals surface area contributed by atoms with Crippen LogP contribution < -0.4 is 0 Å². The van der Waals surface area contributed by atoms with E-state index in [1.165, 1.54) is 0 Å². The fourth-order valence-electron chi connectivity index (χ4n) is 4.83. The summed E-state index contributed by atoms with van der Waals surface area (Å²) in [7, 11) is 0. The first-order valence-electron chi connectivity index (χ1n) is 12.5. The van der Waals surface area contributed by atoms with E-state index in [4.69, 9.17) is 19.4 Å². The van der Waals surface area contributed by atoms with Gasteiger partial charge in [0.2, 0.25) is 0 Å². The van der Waals surface area contributed by atoms with Gasteiger partial charge in [-0.1, -0.05) is 38.1 Å². The topological polar surface area (TPSA) is 83.3 Å². The van der Waals surface area contributed by atoms with Gasteiger partial charge in [0.1, 0.15) is 11.3 Å². The van der Waals surface area contributed by atoms with Crippen LogP contribution in [0.15, 0.2) is 30.3 Å². The maximum Gasteiger partial charge on any atom is 0.323 e. The van der Waals surface area contributed by atoms with Gasteiger partial charge in [0.25, 0.3) is 0 Å². The Morgan fingerprint density at radius 2 is 1.57 bits per heavy atom. The summed E-state index contributed by atoms with van der Waals surface area (Å²) in [6, 6.07) is 10.1. The molecule has 0 fully saturated rings. The molecule has 0 saturated heterocycles. The number of benzene rings is 1. The van der Waals surface area contributed by atoms with E-state index in [-0.39, 0.29) is 19.1 Å². The Balaban J connectivity index is 1.97. The molecule has 1 unspecified atom stereocenters. The average molecular weight is 480 g/mol. The van der Waals surface area contributed by atoms with E-state index in [2.05, 4.69) is 24.5 Å². The Bertz CT molecular complexity index is 1180. The number of rotatable bonds is 10. The average Bonchev–Trinajstić information content (AvgIpc) is 3.18. The van der Waals surface area contributed by atoms with Gasteiger partial charge in [-0.05, 0) is 63.8 Å². The third-order valence-corrected chi connectivity index (χ3v) is 6.64. The lowest BCUT2D eigenvalue weighted by Gasteiger charge is -2.33. The summed E-state index contributed by atoms with van der Waals surface area (Å²) in [4.78, 5) is 35.5. The van der Waals surface area contributed by atoms with Gasteiger partial charge in [-0.3, -0.25) is 9.59 Å². The van der Waals surface area contributed by atoms with Crippen LogP contribution in [0.5, 0.6) is 0 Å². The zero-order valence-electron chi connectivity index (χ0n) is 22.0. The fourth-order valence-corrected chi connectivity index (χ4v) is 4.83. The minimum absolute atomic E-state index is 0.203. The molecule has 0 saturated carbocycles. The number of ether oxygens (including phenoxy) is 2. The molecule has 3 rings (SSSR count). The number of nitrogens with zero attached hydrogens (tertiary/aromatic N) is 3. The smallest absolute Gasteiger partial charge is 0.323 e. The maximum atomic E-state index is 12.9. The molecule has 35 heavy (non-hydrogen) atoms. The van der Waals surface area contributed by atoms with Crippen molar-refractivity contribution in [3.63, 3.8) is 0 Å². The Hall–Kier alpha value is -3.22. The lowest BCUT2D eigenvalue weighted by atomic mass is 9.71. The van der Waals surface area contributed by atoms with Crippen LogP contribution in [-0.4, -0.2) is 39.7 Å². The highest BCUT2D eigenvalue weighted by Crippen LogP contribution is 2.41. The van der Waals surface area contributed by atoms with Gasteiger partial charge in [-0.25, -0.2) is 9.97 Å². The second kappa shape index (κ2) is 11.0. The molecule has 1 atom stereocenters. The molecular weight excluding hydrogens is 442 g/mol. The number of hydrogen-bond acceptors (Lipinski definition) is 6. The molecule has 0 N–H and O–H groups in total. The van der Waals surface area contributed by atoms with Crippen molar-refractivity contribution in [1.82, 2.24) is 14.5 Å². The van der Waals surface area contributed by atoms with Crippen LogP contribution in [0.3, 0.4) is 0 Å². The molecule has 0 aliphatic rings. The van der Waals surface area contributed by atoms with Crippen molar-refractivity contribution in [3.8, 4) is 0 Å². The molecule has 2 heterocycles. The van der Waals surface area contributed by atoms with Crippen LogP contribution >= 0.6 is 0 Å². The summed E-state index contributed by atoms with van der Waals surface area (Å²) in [6.45, 7) is 14.3. The van der Waals surface area contributed by atoms with Crippen LogP contribution in [0, 0.1) is 19.3 Å². The molecule has 7 heteroatoms. The van der Waals surface area contributed by atoms with Gasteiger partial charge in [0.15, 0.2) is 11.1 Å². The highest BCUT2D eigenvalue weighted by atomic mass is 16.6. The van der Waals surface area contributed by atoms with Crippen molar-refractivity contribution >= 4 is 23.1 Å². The van der Waals surface area contributed by atoms with E-state index in [9.17, 15) is 9.59 Å². The lowest BCUT2D eigenvalue weighted by molar-refractivity contribution is -0.172. The number of aryl methyl sites for hydroxylation is 3. The van der Waals surface area contributed by atoms with Crippen LogP contribution in [0.2, 0.25) is 0 Å². The minimum Gasteiger partial charge on any atom is -0.465 e. The predicted molar refractivity (Wildman–Crippen MR) is 136 cm³/mol. The fraction of sp³-hybridized carbons (Fsp3) is 0.500. The van der Waals surface area contributed by atoms with Gasteiger partial charge >= 0.3 is 11.9 Å². The number of carbonyl (C=O) groups excluding carboxylic acids is 2. The highest BCUT2D eigenvalue weighted by Gasteiger charge is 2.50. The Morgan fingerprint density at radius 1 is 0.971 bits per heavy atom. The first kappa shape index (κ1) is 26.4. The SMILES string of the molecule is CCOC(=O)C(C)(C(=O)OCC)C(CC)c1ccc(Cn2c(CC)nc3c(C)cc(C)nc32)cc1. The second-order valence-electron chi connectivity index (χ2n) is 9.07. The number of fused-ring (bicyclic) bond motifs is 1. The number of hydrogen-bond donors (Lipinski definition) is 0. The van der Waals surface area contributed by atoms with Gasteiger partial charge in [0.05, 0.1) is 19.8 Å². The van der Waals surface area contributed by atoms with Gasteiger partial charge in [-0.15, -0.1) is 0 Å². The van der Waals surface area contributed by atoms with Gasteiger partial charge in [-0.2, -0.15) is 0 Å². The van der Waals surface area contributed by atoms with Crippen molar-refractivity contribution in [1.29, 1.82) is 0 Å². The first-order chi connectivity index (χ1) is 16.7. The van der Waals surface area contributed by atoms with Crippen LogP contribution in [0.25, 0.3) is 11.2 Å². The molecule has 0 aliphatic heterocycles. The van der Waals surface area contributed by atoms with E-state index in [1.807, 2.05) is 38.1 Å². The summed E-state index contributed by atoms with van der Waals surface area (Å²) in [6.07, 6.45) is 1.39. The van der Waals surface area contributed by atoms with Crippen LogP contribution in [0.4, 0.5) is 0 Å². The van der Waals surface area contributed by atoms with Crippen molar-refractivity contribution in [3.05, 3.63) is 58.5 Å². The highest BCUT2D eigenvalue weighted by molar-refractivity contribution is 6.00. The monoisotopic (exact) mass is 479 g/mol. The minimum atomic E-state index is -1.42. The van der Waals surface area contributed by atoms with E-state index >= 15 is 0 Å². The van der Waals surface area contributed by atoms with Crippen molar-refractivity contribution in [2.45, 2.75) is 73.8 Å². The molecule has 2 aromatic heterocycles. The quantitative estimate of drug-likeness (QED) is 0.290. The van der Waals surface area contributed by atoms with Crippen molar-refractivity contribution in [2.75, 3.05) is 13.2 Å². The van der Waals surface area contributed by atoms with E-state index in [1.54, 1.807) is 20.8 Å². The third-order valence-electron chi connectivity index (χ3n) is 6.64. The molecule has 0 aliphatic carbocycles. The van der Waals surface area contributed by atoms with Crippen molar-refractivity contribution < 1.29 is 19.1 Å². The molecule has 0 spiro atoms. The molecule has 3 aromatic rings. The molecule has 188 valence electrons. The molecule has 0 amide bonds. The van der Waals surface area contributed by atoms with E-state index in [0.717, 1.165) is 45.8 Å². The maximum absolute atomic E-state index is 12.9. The number of carbonyl (C=O) groups is 2. The summed E-state index contributed by atoms with van der Waals surface area (Å²) in [5.41, 5.74) is 4.50. The number of imidazole rings is 1. The molecule has 7 nitrogen and oxygen atoms in total. The summed E-state index contributed by atoms with van der Waals surface area (Å²) in [5.74, 6) is -0.483.